The van der Waals surface area contributed by atoms with Gasteiger partial charge in [0.1, 0.15) is 5.69 Å². The number of carbonyl (C=O) groups is 2. The molecule has 0 radical (unpaired) electrons. The van der Waals surface area contributed by atoms with Crippen molar-refractivity contribution in [2.75, 3.05) is 13.2 Å². The van der Waals surface area contributed by atoms with Crippen molar-refractivity contribution < 1.29 is 19.1 Å². The highest BCUT2D eigenvalue weighted by atomic mass is 16.5. The maximum Gasteiger partial charge on any atom is 0.356 e. The Morgan fingerprint density at radius 2 is 1.60 bits per heavy atom. The van der Waals surface area contributed by atoms with E-state index in [-0.39, 0.29) is 30.0 Å². The summed E-state index contributed by atoms with van der Waals surface area (Å²) < 4.78 is 9.97. The lowest BCUT2D eigenvalue weighted by molar-refractivity contribution is 0.0518. The van der Waals surface area contributed by atoms with Crippen LogP contribution in [0.3, 0.4) is 0 Å². The van der Waals surface area contributed by atoms with Crippen molar-refractivity contribution in [3.05, 3.63) is 58.4 Å². The zero-order chi connectivity index (χ0) is 18.2. The predicted octanol–water partition coefficient (Wildman–Crippen LogP) is 2.64. The molecule has 126 valence electrons. The molecule has 0 saturated heterocycles. The molecule has 0 aliphatic heterocycles. The van der Waals surface area contributed by atoms with Gasteiger partial charge in [0.15, 0.2) is 0 Å². The highest BCUT2D eigenvalue weighted by Gasteiger charge is 2.22. The van der Waals surface area contributed by atoms with E-state index in [4.69, 9.17) is 14.7 Å². The van der Waals surface area contributed by atoms with E-state index in [2.05, 4.69) is 16.8 Å². The maximum absolute atomic E-state index is 12.1. The summed E-state index contributed by atoms with van der Waals surface area (Å²) in [7, 11) is 0. The van der Waals surface area contributed by atoms with Crippen LogP contribution in [0, 0.1) is 23.2 Å². The molecule has 0 amide bonds. The molecule has 0 unspecified atom stereocenters. The van der Waals surface area contributed by atoms with Crippen molar-refractivity contribution >= 4 is 11.9 Å². The number of nitriles is 1. The fourth-order valence-electron chi connectivity index (χ4n) is 2.05. The van der Waals surface area contributed by atoms with Crippen LogP contribution in [-0.2, 0) is 9.47 Å². The minimum Gasteiger partial charge on any atom is -0.462 e. The van der Waals surface area contributed by atoms with Gasteiger partial charge in [-0.15, -0.1) is 0 Å². The third kappa shape index (κ3) is 4.27. The third-order valence-electron chi connectivity index (χ3n) is 3.20. The molecule has 2 rings (SSSR count). The molecule has 2 aromatic rings. The molecule has 1 aromatic carbocycles. The largest absolute Gasteiger partial charge is 0.462 e. The maximum atomic E-state index is 12.1. The number of rotatable bonds is 4. The summed E-state index contributed by atoms with van der Waals surface area (Å²) in [5.41, 5.74) is 1.66. The van der Waals surface area contributed by atoms with E-state index in [1.807, 2.05) is 6.07 Å². The lowest BCUT2D eigenvalue weighted by atomic mass is 10.1. The molecule has 6 heteroatoms. The van der Waals surface area contributed by atoms with E-state index in [1.165, 1.54) is 6.20 Å². The Bertz CT molecular complexity index is 841. The van der Waals surface area contributed by atoms with Crippen molar-refractivity contribution in [2.45, 2.75) is 13.8 Å². The first kappa shape index (κ1) is 17.8. The minimum atomic E-state index is -0.595. The van der Waals surface area contributed by atoms with Gasteiger partial charge < -0.3 is 14.5 Å². The highest BCUT2D eigenvalue weighted by Crippen LogP contribution is 2.16. The Hall–Kier alpha value is -3.51. The number of nitrogens with one attached hydrogen (secondary N) is 1. The van der Waals surface area contributed by atoms with Crippen LogP contribution < -0.4 is 0 Å². The number of esters is 2. The summed E-state index contributed by atoms with van der Waals surface area (Å²) >= 11 is 0. The minimum absolute atomic E-state index is 0.103. The molecular weight excluding hydrogens is 320 g/mol. The molecule has 0 atom stereocenters. The highest BCUT2D eigenvalue weighted by molar-refractivity contribution is 5.99. The van der Waals surface area contributed by atoms with E-state index < -0.39 is 11.9 Å². The van der Waals surface area contributed by atoms with Crippen LogP contribution in [0.15, 0.2) is 30.5 Å². The first-order valence-electron chi connectivity index (χ1n) is 7.68. The van der Waals surface area contributed by atoms with Gasteiger partial charge in [0.2, 0.25) is 0 Å². The van der Waals surface area contributed by atoms with Crippen LogP contribution in [0.2, 0.25) is 0 Å². The monoisotopic (exact) mass is 336 g/mol. The van der Waals surface area contributed by atoms with Crippen LogP contribution >= 0.6 is 0 Å². The molecule has 1 N–H and O–H groups in total. The van der Waals surface area contributed by atoms with E-state index in [1.54, 1.807) is 38.1 Å². The van der Waals surface area contributed by atoms with Crippen LogP contribution in [0.25, 0.3) is 0 Å². The molecular formula is C19H16N2O4. The SMILES string of the molecule is CCOC(=O)c1c[nH]c(C(=O)OCC)c1C#Cc1ccc(C#N)cc1. The number of aromatic nitrogens is 1. The topological polar surface area (TPSA) is 92.2 Å². The zero-order valence-electron chi connectivity index (χ0n) is 13.9. The molecule has 0 fully saturated rings. The molecule has 6 nitrogen and oxygen atoms in total. The van der Waals surface area contributed by atoms with E-state index >= 15 is 0 Å². The number of ether oxygens (including phenoxy) is 2. The van der Waals surface area contributed by atoms with E-state index in [0.717, 1.165) is 0 Å². The zero-order valence-corrected chi connectivity index (χ0v) is 13.9. The van der Waals surface area contributed by atoms with Gasteiger partial charge in [0.05, 0.1) is 36.0 Å². The standard InChI is InChI=1S/C19H16N2O4/c1-3-24-18(22)16-12-21-17(19(23)25-4-2)15(16)10-9-13-5-7-14(11-20)8-6-13/h5-8,12,21H,3-4H2,1-2H3. The van der Waals surface area contributed by atoms with Crippen molar-refractivity contribution in [1.82, 2.24) is 4.98 Å². The van der Waals surface area contributed by atoms with Gasteiger partial charge in [-0.25, -0.2) is 9.59 Å². The predicted molar refractivity (Wildman–Crippen MR) is 89.8 cm³/mol. The van der Waals surface area contributed by atoms with Gasteiger partial charge in [-0.3, -0.25) is 0 Å². The fraction of sp³-hybridized carbons (Fsp3) is 0.211. The Kier molecular flexibility index (Phi) is 5.97. The number of hydrogen-bond acceptors (Lipinski definition) is 5. The van der Waals surface area contributed by atoms with E-state index in [0.29, 0.717) is 11.1 Å². The molecule has 0 aliphatic rings. The quantitative estimate of drug-likeness (QED) is 0.684. The number of nitrogens with zero attached hydrogens (tertiary/aromatic N) is 1. The summed E-state index contributed by atoms with van der Waals surface area (Å²) in [5.74, 6) is 4.54. The summed E-state index contributed by atoms with van der Waals surface area (Å²) in [6.45, 7) is 3.80. The third-order valence-corrected chi connectivity index (χ3v) is 3.20. The van der Waals surface area contributed by atoms with Gasteiger partial charge >= 0.3 is 11.9 Å². The normalized spacial score (nSPS) is 9.48. The fourth-order valence-corrected chi connectivity index (χ4v) is 2.05. The Morgan fingerprint density at radius 1 is 1.00 bits per heavy atom. The lowest BCUT2D eigenvalue weighted by Gasteiger charge is -2.02. The van der Waals surface area contributed by atoms with Crippen molar-refractivity contribution in [3.63, 3.8) is 0 Å². The average Bonchev–Trinajstić information content (AvgIpc) is 3.05. The molecule has 25 heavy (non-hydrogen) atoms. The second-order valence-electron chi connectivity index (χ2n) is 4.83. The summed E-state index contributed by atoms with van der Waals surface area (Å²) in [6, 6.07) is 8.68. The number of benzene rings is 1. The Balaban J connectivity index is 2.44. The molecule has 0 saturated carbocycles. The van der Waals surface area contributed by atoms with Gasteiger partial charge in [-0.05, 0) is 38.1 Å². The van der Waals surface area contributed by atoms with Gasteiger partial charge in [-0.1, -0.05) is 11.8 Å². The first-order chi connectivity index (χ1) is 12.1. The lowest BCUT2D eigenvalue weighted by Crippen LogP contribution is -2.09. The van der Waals surface area contributed by atoms with Crippen LogP contribution in [0.1, 0.15) is 51.4 Å². The Morgan fingerprint density at radius 3 is 2.20 bits per heavy atom. The average molecular weight is 336 g/mol. The van der Waals surface area contributed by atoms with Crippen LogP contribution in [0.4, 0.5) is 0 Å². The van der Waals surface area contributed by atoms with Crippen LogP contribution in [0.5, 0.6) is 0 Å². The summed E-state index contributed by atoms with van der Waals surface area (Å²) in [6.07, 6.45) is 1.38. The molecule has 0 bridgehead atoms. The van der Waals surface area contributed by atoms with Gasteiger partial charge in [0.25, 0.3) is 0 Å². The molecule has 0 spiro atoms. The number of carbonyl (C=O) groups excluding carboxylic acids is 2. The number of hydrogen-bond donors (Lipinski definition) is 1. The second-order valence-corrected chi connectivity index (χ2v) is 4.83. The molecule has 1 aromatic heterocycles. The van der Waals surface area contributed by atoms with Crippen LogP contribution in [-0.4, -0.2) is 30.1 Å². The smallest absolute Gasteiger partial charge is 0.356 e. The van der Waals surface area contributed by atoms with Crippen molar-refractivity contribution in [1.29, 1.82) is 5.26 Å². The molecule has 1 heterocycles. The molecule has 0 aliphatic carbocycles. The van der Waals surface area contributed by atoms with E-state index in [9.17, 15) is 9.59 Å². The number of H-pyrrole nitrogens is 1. The Labute approximate surface area is 145 Å². The second kappa shape index (κ2) is 8.37. The van der Waals surface area contributed by atoms with Crippen molar-refractivity contribution in [2.24, 2.45) is 0 Å². The number of aromatic amines is 1. The first-order valence-corrected chi connectivity index (χ1v) is 7.68. The summed E-state index contributed by atoms with van der Waals surface area (Å²) in [4.78, 5) is 26.8. The summed E-state index contributed by atoms with van der Waals surface area (Å²) in [5, 5.41) is 8.81. The van der Waals surface area contributed by atoms with Gasteiger partial charge in [-0.2, -0.15) is 5.26 Å². The van der Waals surface area contributed by atoms with Crippen molar-refractivity contribution in [3.8, 4) is 17.9 Å². The van der Waals surface area contributed by atoms with Gasteiger partial charge in [0, 0.05) is 11.8 Å².